The highest BCUT2D eigenvalue weighted by Gasteiger charge is 2.24. The number of benzene rings is 1. The van der Waals surface area contributed by atoms with E-state index in [-0.39, 0.29) is 30.9 Å². The van der Waals surface area contributed by atoms with Gasteiger partial charge >= 0.3 is 5.97 Å². The molecule has 1 amide bonds. The van der Waals surface area contributed by atoms with Gasteiger partial charge in [-0.2, -0.15) is 0 Å². The lowest BCUT2D eigenvalue weighted by Gasteiger charge is -2.32. The highest BCUT2D eigenvalue weighted by Crippen LogP contribution is 2.16. The largest absolute Gasteiger partial charge is 0.481 e. The first-order valence-corrected chi connectivity index (χ1v) is 6.94. The van der Waals surface area contributed by atoms with Gasteiger partial charge in [0.25, 0.3) is 5.91 Å². The molecule has 0 aromatic heterocycles. The van der Waals surface area contributed by atoms with Crippen molar-refractivity contribution in [1.82, 2.24) is 4.90 Å². The topological polar surface area (TPSA) is 66.8 Å². The van der Waals surface area contributed by atoms with Crippen LogP contribution >= 0.6 is 0 Å². The van der Waals surface area contributed by atoms with E-state index in [0.29, 0.717) is 31.5 Å². The van der Waals surface area contributed by atoms with Gasteiger partial charge in [-0.25, -0.2) is 4.39 Å². The minimum atomic E-state index is -0.876. The minimum absolute atomic E-state index is 0.00150. The molecule has 0 radical (unpaired) electrons. The molecule has 5 nitrogen and oxygen atoms in total. The normalized spacial score (nSPS) is 16.0. The number of halogens is 1. The highest BCUT2D eigenvalue weighted by atomic mass is 19.1. The van der Waals surface area contributed by atoms with Crippen molar-refractivity contribution >= 4 is 11.9 Å². The number of carbonyl (C=O) groups excluding carboxylic acids is 1. The van der Waals surface area contributed by atoms with Crippen LogP contribution in [0.1, 0.15) is 29.6 Å². The Morgan fingerprint density at radius 2 is 1.86 bits per heavy atom. The molecule has 0 unspecified atom stereocenters. The molecule has 1 aromatic rings. The summed E-state index contributed by atoms with van der Waals surface area (Å²) >= 11 is 0. The molecule has 0 saturated carbocycles. The summed E-state index contributed by atoms with van der Waals surface area (Å²) in [7, 11) is 0. The number of amides is 1. The van der Waals surface area contributed by atoms with E-state index in [4.69, 9.17) is 9.84 Å². The zero-order chi connectivity index (χ0) is 15.2. The SMILES string of the molecule is O=C(O)CCOC1CCN(C(=O)c2ccc(F)cc2)CC1. The third-order valence-corrected chi connectivity index (χ3v) is 3.49. The summed E-state index contributed by atoms with van der Waals surface area (Å²) in [6.45, 7) is 1.33. The first-order valence-electron chi connectivity index (χ1n) is 6.94. The van der Waals surface area contributed by atoms with E-state index in [1.165, 1.54) is 24.3 Å². The maximum absolute atomic E-state index is 12.8. The van der Waals surface area contributed by atoms with Gasteiger partial charge < -0.3 is 14.7 Å². The van der Waals surface area contributed by atoms with Gasteiger partial charge in [-0.05, 0) is 37.1 Å². The van der Waals surface area contributed by atoms with E-state index in [0.717, 1.165) is 0 Å². The van der Waals surface area contributed by atoms with Gasteiger partial charge in [0, 0.05) is 18.7 Å². The second kappa shape index (κ2) is 7.17. The lowest BCUT2D eigenvalue weighted by molar-refractivity contribution is -0.138. The van der Waals surface area contributed by atoms with Gasteiger partial charge in [-0.15, -0.1) is 0 Å². The van der Waals surface area contributed by atoms with Gasteiger partial charge in [-0.1, -0.05) is 0 Å². The first-order chi connectivity index (χ1) is 10.1. The summed E-state index contributed by atoms with van der Waals surface area (Å²) in [6, 6.07) is 5.50. The quantitative estimate of drug-likeness (QED) is 0.901. The van der Waals surface area contributed by atoms with Gasteiger partial charge in [0.15, 0.2) is 0 Å². The average molecular weight is 295 g/mol. The van der Waals surface area contributed by atoms with Crippen molar-refractivity contribution < 1.29 is 23.8 Å². The Kier molecular flexibility index (Phi) is 5.27. The number of carbonyl (C=O) groups is 2. The second-order valence-corrected chi connectivity index (χ2v) is 5.01. The Hall–Kier alpha value is -1.95. The summed E-state index contributed by atoms with van der Waals surface area (Å²) < 4.78 is 18.3. The van der Waals surface area contributed by atoms with Crippen LogP contribution in [0.25, 0.3) is 0 Å². The number of hydrogen-bond donors (Lipinski definition) is 1. The van der Waals surface area contributed by atoms with Crippen molar-refractivity contribution in [2.45, 2.75) is 25.4 Å². The monoisotopic (exact) mass is 295 g/mol. The molecule has 114 valence electrons. The fourth-order valence-corrected chi connectivity index (χ4v) is 2.31. The number of hydrogen-bond acceptors (Lipinski definition) is 3. The number of carboxylic acid groups (broad SMARTS) is 1. The molecule has 21 heavy (non-hydrogen) atoms. The zero-order valence-corrected chi connectivity index (χ0v) is 11.6. The summed E-state index contributed by atoms with van der Waals surface area (Å²) in [5.74, 6) is -1.35. The van der Waals surface area contributed by atoms with Gasteiger partial charge in [0.05, 0.1) is 19.1 Å². The Morgan fingerprint density at radius 1 is 1.24 bits per heavy atom. The second-order valence-electron chi connectivity index (χ2n) is 5.01. The molecule has 0 aliphatic carbocycles. The summed E-state index contributed by atoms with van der Waals surface area (Å²) in [6.07, 6.45) is 1.37. The van der Waals surface area contributed by atoms with E-state index in [1.807, 2.05) is 0 Å². The van der Waals surface area contributed by atoms with E-state index < -0.39 is 5.97 Å². The Labute approximate surface area is 122 Å². The molecule has 1 aliphatic heterocycles. The molecule has 1 fully saturated rings. The fraction of sp³-hybridized carbons (Fsp3) is 0.467. The van der Waals surface area contributed by atoms with Crippen molar-refractivity contribution in [2.75, 3.05) is 19.7 Å². The molecule has 1 heterocycles. The molecule has 0 bridgehead atoms. The average Bonchev–Trinajstić information content (AvgIpc) is 2.48. The van der Waals surface area contributed by atoms with Crippen LogP contribution in [0.15, 0.2) is 24.3 Å². The van der Waals surface area contributed by atoms with Gasteiger partial charge in [-0.3, -0.25) is 9.59 Å². The number of nitrogens with zero attached hydrogens (tertiary/aromatic N) is 1. The highest BCUT2D eigenvalue weighted by molar-refractivity contribution is 5.94. The van der Waals surface area contributed by atoms with Crippen molar-refractivity contribution in [3.05, 3.63) is 35.6 Å². The smallest absolute Gasteiger partial charge is 0.305 e. The summed E-state index contributed by atoms with van der Waals surface area (Å²) in [4.78, 5) is 24.3. The van der Waals surface area contributed by atoms with Gasteiger partial charge in [0.2, 0.25) is 0 Å². The van der Waals surface area contributed by atoms with E-state index in [2.05, 4.69) is 0 Å². The standard InChI is InChI=1S/C15H18FNO4/c16-12-3-1-11(2-4-12)15(20)17-8-5-13(6-9-17)21-10-7-14(18)19/h1-4,13H,5-10H2,(H,18,19). The third-order valence-electron chi connectivity index (χ3n) is 3.49. The molecule has 1 aromatic carbocycles. The molecular formula is C15H18FNO4. The molecule has 1 N–H and O–H groups in total. The lowest BCUT2D eigenvalue weighted by Crippen LogP contribution is -2.41. The van der Waals surface area contributed by atoms with E-state index in [9.17, 15) is 14.0 Å². The number of piperidine rings is 1. The predicted molar refractivity (Wildman–Crippen MR) is 73.5 cm³/mol. The molecule has 1 aliphatic rings. The third kappa shape index (κ3) is 4.53. The number of aliphatic carboxylic acids is 1. The molecule has 0 spiro atoms. The number of likely N-dealkylation sites (tertiary alicyclic amines) is 1. The predicted octanol–water partition coefficient (Wildman–Crippen LogP) is 1.92. The maximum Gasteiger partial charge on any atom is 0.305 e. The van der Waals surface area contributed by atoms with Crippen LogP contribution in [0, 0.1) is 5.82 Å². The van der Waals surface area contributed by atoms with Crippen molar-refractivity contribution in [1.29, 1.82) is 0 Å². The fourth-order valence-electron chi connectivity index (χ4n) is 2.31. The first kappa shape index (κ1) is 15.4. The Morgan fingerprint density at radius 3 is 2.43 bits per heavy atom. The van der Waals surface area contributed by atoms with Crippen LogP contribution in [0.5, 0.6) is 0 Å². The van der Waals surface area contributed by atoms with Gasteiger partial charge in [0.1, 0.15) is 5.82 Å². The minimum Gasteiger partial charge on any atom is -0.481 e. The lowest BCUT2D eigenvalue weighted by atomic mass is 10.1. The van der Waals surface area contributed by atoms with Crippen LogP contribution in [-0.2, 0) is 9.53 Å². The molecule has 6 heteroatoms. The van der Waals surface area contributed by atoms with Crippen LogP contribution in [-0.4, -0.2) is 47.7 Å². The van der Waals surface area contributed by atoms with Crippen molar-refractivity contribution in [3.8, 4) is 0 Å². The zero-order valence-electron chi connectivity index (χ0n) is 11.6. The molecular weight excluding hydrogens is 277 g/mol. The molecule has 1 saturated heterocycles. The van der Waals surface area contributed by atoms with Crippen molar-refractivity contribution in [3.63, 3.8) is 0 Å². The van der Waals surface area contributed by atoms with Crippen LogP contribution in [0.4, 0.5) is 4.39 Å². The Bertz CT molecular complexity index is 495. The summed E-state index contributed by atoms with van der Waals surface area (Å²) in [5, 5.41) is 8.54. The number of rotatable bonds is 5. The number of ether oxygens (including phenoxy) is 1. The molecule has 0 atom stereocenters. The van der Waals surface area contributed by atoms with Crippen LogP contribution in [0.3, 0.4) is 0 Å². The van der Waals surface area contributed by atoms with E-state index >= 15 is 0 Å². The van der Waals surface area contributed by atoms with Crippen LogP contribution in [0.2, 0.25) is 0 Å². The molecule has 2 rings (SSSR count). The van der Waals surface area contributed by atoms with Crippen LogP contribution < -0.4 is 0 Å². The van der Waals surface area contributed by atoms with Crippen molar-refractivity contribution in [2.24, 2.45) is 0 Å². The number of carboxylic acids is 1. The Balaban J connectivity index is 1.79. The summed E-state index contributed by atoms with van der Waals surface area (Å²) in [5.41, 5.74) is 0.474. The van der Waals surface area contributed by atoms with E-state index in [1.54, 1.807) is 4.90 Å². The maximum atomic E-state index is 12.8.